The van der Waals surface area contributed by atoms with Crippen molar-refractivity contribution in [1.82, 2.24) is 23.5 Å². The SMILES string of the molecule is COc1cc2nc(CCn3c(=O)n4n(c3=O)[C@@H]3C[C@H]5C(=O)C=C(C)C(=O)[C@@]5(C)[C@@H](c5cc(Cl)c(O)c(OC)c5)C3=CC4)c(=O)n(C)c2cc1OC. The standard InChI is InChI=1S/C36H36ClN5O9/c1-17-11-26(43)20-14-24-19(30(36(20,2)32(17)45)18-12-21(37)31(44)29(13-18)51-6)7-10-41-34(47)40(35(48)42(24)41)9-8-22-33(46)39(3)25-16-28(50-5)27(49-4)15-23(25)38-22/h7,11-13,15-16,20,24,30,44H,8-10,14H2,1-6H3/t20-,24+,30-,36+/m0/s1. The molecule has 0 spiro atoms. The van der Waals surface area contributed by atoms with E-state index in [0.717, 1.165) is 4.57 Å². The van der Waals surface area contributed by atoms with E-state index < -0.39 is 40.2 Å². The molecule has 4 atom stereocenters. The zero-order valence-corrected chi connectivity index (χ0v) is 29.6. The lowest BCUT2D eigenvalue weighted by molar-refractivity contribution is -0.139. The number of halogens is 1. The number of Topliss-reactive ketones (excluding diaryl/α,β-unsaturated/α-hetero) is 1. The predicted molar refractivity (Wildman–Crippen MR) is 186 cm³/mol. The Bertz CT molecular complexity index is 2430. The maximum absolute atomic E-state index is 14.2. The monoisotopic (exact) mass is 717 g/mol. The number of carbonyl (C=O) groups is 2. The highest BCUT2D eigenvalue weighted by Gasteiger charge is 2.59. The number of aromatic hydroxyl groups is 1. The number of phenols is 1. The molecular formula is C36H36ClN5O9. The molecular weight excluding hydrogens is 682 g/mol. The van der Waals surface area contributed by atoms with Crippen LogP contribution in [0, 0.1) is 11.3 Å². The molecule has 14 nitrogen and oxygen atoms in total. The Morgan fingerprint density at radius 2 is 1.67 bits per heavy atom. The van der Waals surface area contributed by atoms with Crippen LogP contribution in [0.15, 0.2) is 61.9 Å². The Balaban J connectivity index is 1.31. The summed E-state index contributed by atoms with van der Waals surface area (Å²) in [7, 11) is 5.97. The van der Waals surface area contributed by atoms with Crippen LogP contribution < -0.4 is 31.1 Å². The van der Waals surface area contributed by atoms with Crippen molar-refractivity contribution in [3.63, 3.8) is 0 Å². The molecule has 1 fully saturated rings. The summed E-state index contributed by atoms with van der Waals surface area (Å²) in [6.07, 6.45) is 3.24. The number of ketones is 2. The van der Waals surface area contributed by atoms with Gasteiger partial charge in [-0.3, -0.25) is 14.4 Å². The molecule has 4 aromatic rings. The van der Waals surface area contributed by atoms with Crippen molar-refractivity contribution in [1.29, 1.82) is 0 Å². The number of rotatable bonds is 7. The second-order valence-electron chi connectivity index (χ2n) is 13.3. The molecule has 2 aromatic heterocycles. The summed E-state index contributed by atoms with van der Waals surface area (Å²) in [5, 5.41) is 10.5. The number of fused-ring (bicyclic) bond motifs is 5. The van der Waals surface area contributed by atoms with Gasteiger partial charge in [0.2, 0.25) is 0 Å². The number of aromatic nitrogens is 5. The van der Waals surface area contributed by atoms with Crippen molar-refractivity contribution in [2.45, 2.75) is 51.7 Å². The summed E-state index contributed by atoms with van der Waals surface area (Å²) in [6.45, 7) is 3.24. The molecule has 2 aromatic carbocycles. The number of benzene rings is 2. The van der Waals surface area contributed by atoms with E-state index in [1.165, 1.54) is 41.3 Å². The van der Waals surface area contributed by atoms with Crippen LogP contribution >= 0.6 is 11.6 Å². The first kappa shape index (κ1) is 34.1. The quantitative estimate of drug-likeness (QED) is 0.281. The van der Waals surface area contributed by atoms with Crippen LogP contribution in [-0.2, 0) is 36.1 Å². The van der Waals surface area contributed by atoms with E-state index in [-0.39, 0.29) is 59.7 Å². The molecule has 2 aliphatic carbocycles. The van der Waals surface area contributed by atoms with Crippen LogP contribution in [0.1, 0.15) is 43.5 Å². The van der Waals surface area contributed by atoms with Gasteiger partial charge in [0.15, 0.2) is 34.6 Å². The lowest BCUT2D eigenvalue weighted by Gasteiger charge is -2.52. The van der Waals surface area contributed by atoms with E-state index in [2.05, 4.69) is 4.98 Å². The summed E-state index contributed by atoms with van der Waals surface area (Å²) in [5.41, 5.74) is -0.208. The van der Waals surface area contributed by atoms with Crippen LogP contribution in [0.5, 0.6) is 23.0 Å². The molecule has 0 amide bonds. The summed E-state index contributed by atoms with van der Waals surface area (Å²) in [6, 6.07) is 5.67. The van der Waals surface area contributed by atoms with Crippen molar-refractivity contribution >= 4 is 34.2 Å². The molecule has 0 unspecified atom stereocenters. The molecule has 15 heteroatoms. The first-order valence-corrected chi connectivity index (χ1v) is 16.7. The van der Waals surface area contributed by atoms with Gasteiger partial charge in [-0.25, -0.2) is 28.5 Å². The number of carbonyl (C=O) groups excluding carboxylic acids is 2. The van der Waals surface area contributed by atoms with E-state index >= 15 is 0 Å². The number of methoxy groups -OCH3 is 3. The summed E-state index contributed by atoms with van der Waals surface area (Å²) >= 11 is 6.45. The van der Waals surface area contributed by atoms with Crippen LogP contribution in [0.25, 0.3) is 11.0 Å². The van der Waals surface area contributed by atoms with Gasteiger partial charge in [-0.05, 0) is 48.3 Å². The van der Waals surface area contributed by atoms with Gasteiger partial charge >= 0.3 is 11.4 Å². The Kier molecular flexibility index (Phi) is 8.12. The summed E-state index contributed by atoms with van der Waals surface area (Å²) < 4.78 is 21.3. The molecule has 3 aliphatic rings. The van der Waals surface area contributed by atoms with E-state index in [4.69, 9.17) is 25.8 Å². The van der Waals surface area contributed by atoms with E-state index in [9.17, 15) is 29.1 Å². The highest BCUT2D eigenvalue weighted by Crippen LogP contribution is 2.60. The van der Waals surface area contributed by atoms with Crippen LogP contribution in [0.2, 0.25) is 5.02 Å². The third-order valence-electron chi connectivity index (χ3n) is 10.8. The minimum Gasteiger partial charge on any atom is -0.503 e. The van der Waals surface area contributed by atoms with Gasteiger partial charge in [0.25, 0.3) is 5.56 Å². The van der Waals surface area contributed by atoms with Crippen molar-refractivity contribution in [2.75, 3.05) is 21.3 Å². The largest absolute Gasteiger partial charge is 0.503 e. The van der Waals surface area contributed by atoms with Gasteiger partial charge in [0, 0.05) is 44.0 Å². The minimum atomic E-state index is -1.26. The Morgan fingerprint density at radius 1 is 0.980 bits per heavy atom. The fourth-order valence-electron chi connectivity index (χ4n) is 8.28. The lowest BCUT2D eigenvalue weighted by atomic mass is 9.51. The first-order valence-electron chi connectivity index (χ1n) is 16.3. The fraction of sp³-hybridized carbons (Fsp3) is 0.389. The van der Waals surface area contributed by atoms with Gasteiger partial charge in [-0.15, -0.1) is 0 Å². The smallest absolute Gasteiger partial charge is 0.347 e. The zero-order valence-electron chi connectivity index (χ0n) is 28.9. The topological polar surface area (TPSA) is 166 Å². The molecule has 0 bridgehead atoms. The number of allylic oxidation sites excluding steroid dienone is 4. The van der Waals surface area contributed by atoms with Crippen molar-refractivity contribution in [3.05, 3.63) is 95.2 Å². The molecule has 7 rings (SSSR count). The lowest BCUT2D eigenvalue weighted by Crippen LogP contribution is -2.54. The average molecular weight is 718 g/mol. The third kappa shape index (κ3) is 4.90. The molecule has 3 heterocycles. The molecule has 266 valence electrons. The maximum Gasteiger partial charge on any atom is 0.347 e. The first-order chi connectivity index (χ1) is 24.3. The Hall–Kier alpha value is -5.37. The number of hydrogen-bond acceptors (Lipinski definition) is 10. The number of hydrogen-bond donors (Lipinski definition) is 1. The Morgan fingerprint density at radius 3 is 2.35 bits per heavy atom. The second kappa shape index (κ2) is 12.1. The van der Waals surface area contributed by atoms with Crippen molar-refractivity contribution < 1.29 is 28.9 Å². The number of aryl methyl sites for hydroxylation is 2. The van der Waals surface area contributed by atoms with Gasteiger partial charge in [0.05, 0.1) is 55.4 Å². The number of phenolic OH excluding ortho intramolecular Hbond substituents is 1. The van der Waals surface area contributed by atoms with E-state index in [1.807, 2.05) is 6.08 Å². The molecule has 1 saturated carbocycles. The predicted octanol–water partition coefficient (Wildman–Crippen LogP) is 3.08. The maximum atomic E-state index is 14.2. The number of nitrogens with zero attached hydrogens (tertiary/aromatic N) is 5. The zero-order chi connectivity index (χ0) is 36.7. The summed E-state index contributed by atoms with van der Waals surface area (Å²) in [5.74, 6) is -1.38. The fourth-order valence-corrected chi connectivity index (χ4v) is 8.50. The Labute approximate surface area is 295 Å². The van der Waals surface area contributed by atoms with Gasteiger partial charge in [-0.1, -0.05) is 24.6 Å². The average Bonchev–Trinajstić information content (AvgIpc) is 3.36. The van der Waals surface area contributed by atoms with Crippen LogP contribution in [0.3, 0.4) is 0 Å². The minimum absolute atomic E-state index is 0.00358. The van der Waals surface area contributed by atoms with Gasteiger partial charge < -0.3 is 23.9 Å². The van der Waals surface area contributed by atoms with Gasteiger partial charge in [0.1, 0.15) is 5.69 Å². The third-order valence-corrected chi connectivity index (χ3v) is 11.1. The highest BCUT2D eigenvalue weighted by molar-refractivity contribution is 6.32. The molecule has 51 heavy (non-hydrogen) atoms. The van der Waals surface area contributed by atoms with Crippen LogP contribution in [0.4, 0.5) is 0 Å². The normalized spacial score (nSPS) is 22.5. The molecule has 1 aliphatic heterocycles. The van der Waals surface area contributed by atoms with Crippen LogP contribution in [-0.4, -0.2) is 61.5 Å². The number of ether oxygens (including phenoxy) is 3. The molecule has 0 radical (unpaired) electrons. The van der Waals surface area contributed by atoms with E-state index in [1.54, 1.807) is 45.2 Å². The molecule has 0 saturated heterocycles. The highest BCUT2D eigenvalue weighted by atomic mass is 35.5. The second-order valence-corrected chi connectivity index (χ2v) is 13.8. The summed E-state index contributed by atoms with van der Waals surface area (Å²) in [4.78, 5) is 73.7. The molecule has 1 N–H and O–H groups in total. The van der Waals surface area contributed by atoms with E-state index in [0.29, 0.717) is 39.2 Å². The van der Waals surface area contributed by atoms with Gasteiger partial charge in [-0.2, -0.15) is 0 Å². The van der Waals surface area contributed by atoms with Crippen molar-refractivity contribution in [2.24, 2.45) is 18.4 Å². The van der Waals surface area contributed by atoms with Crippen molar-refractivity contribution in [3.8, 4) is 23.0 Å².